The van der Waals surface area contributed by atoms with Gasteiger partial charge in [-0.3, -0.25) is 4.79 Å². The number of aryl methyl sites for hydroxylation is 1. The molecule has 0 unspecified atom stereocenters. The number of benzene rings is 1. The summed E-state index contributed by atoms with van der Waals surface area (Å²) in [5, 5.41) is 5.34. The number of anilines is 2. The third-order valence-corrected chi connectivity index (χ3v) is 3.35. The minimum absolute atomic E-state index is 0.151. The van der Waals surface area contributed by atoms with Crippen molar-refractivity contribution in [3.63, 3.8) is 0 Å². The van der Waals surface area contributed by atoms with Crippen LogP contribution in [-0.2, 0) is 0 Å². The molecule has 1 aromatic carbocycles. The predicted octanol–water partition coefficient (Wildman–Crippen LogP) is 3.73. The molecule has 0 radical (unpaired) electrons. The molecule has 0 aliphatic heterocycles. The molecular formula is C17H20F2N4O. The van der Waals surface area contributed by atoms with Crippen LogP contribution in [0.15, 0.2) is 24.3 Å². The van der Waals surface area contributed by atoms with Gasteiger partial charge in [-0.05, 0) is 25.5 Å². The zero-order chi connectivity index (χ0) is 17.5. The Bertz CT molecular complexity index is 701. The highest BCUT2D eigenvalue weighted by molar-refractivity contribution is 5.93. The third-order valence-electron chi connectivity index (χ3n) is 3.35. The van der Waals surface area contributed by atoms with E-state index in [1.807, 2.05) is 0 Å². The molecule has 0 atom stereocenters. The lowest BCUT2D eigenvalue weighted by Gasteiger charge is -2.10. The maximum atomic E-state index is 13.7. The largest absolute Gasteiger partial charge is 0.351 e. The first kappa shape index (κ1) is 17.8. The highest BCUT2D eigenvalue weighted by Crippen LogP contribution is 2.22. The van der Waals surface area contributed by atoms with E-state index in [2.05, 4.69) is 27.5 Å². The fraction of sp³-hybridized carbons (Fsp3) is 0.353. The van der Waals surface area contributed by atoms with Crippen LogP contribution in [0.3, 0.4) is 0 Å². The highest BCUT2D eigenvalue weighted by atomic mass is 19.1. The van der Waals surface area contributed by atoms with Gasteiger partial charge < -0.3 is 10.6 Å². The van der Waals surface area contributed by atoms with Crippen molar-refractivity contribution < 1.29 is 13.6 Å². The van der Waals surface area contributed by atoms with Gasteiger partial charge in [0, 0.05) is 12.6 Å². The molecule has 0 fully saturated rings. The van der Waals surface area contributed by atoms with Crippen LogP contribution in [0.2, 0.25) is 0 Å². The Balaban J connectivity index is 2.15. The summed E-state index contributed by atoms with van der Waals surface area (Å²) in [6.07, 6.45) is 2.98. The van der Waals surface area contributed by atoms with Gasteiger partial charge >= 0.3 is 0 Å². The molecule has 0 aliphatic rings. The number of para-hydroxylation sites is 1. The van der Waals surface area contributed by atoms with Crippen molar-refractivity contribution in [3.8, 4) is 0 Å². The first-order chi connectivity index (χ1) is 11.5. The number of nitrogens with zero attached hydrogens (tertiary/aromatic N) is 2. The maximum absolute atomic E-state index is 13.7. The molecule has 7 heteroatoms. The lowest BCUT2D eigenvalue weighted by Crippen LogP contribution is -2.26. The van der Waals surface area contributed by atoms with Gasteiger partial charge in [0.15, 0.2) is 0 Å². The van der Waals surface area contributed by atoms with Gasteiger partial charge in [-0.2, -0.15) is 0 Å². The number of carbonyl (C=O) groups excluding carboxylic acids is 1. The minimum atomic E-state index is -0.739. The van der Waals surface area contributed by atoms with E-state index in [1.165, 1.54) is 12.1 Å². The Kier molecular flexibility index (Phi) is 6.17. The number of nitrogens with one attached hydrogen (secondary N) is 2. The molecule has 5 nitrogen and oxygen atoms in total. The van der Waals surface area contributed by atoms with Crippen molar-refractivity contribution in [2.75, 3.05) is 11.9 Å². The van der Waals surface area contributed by atoms with E-state index < -0.39 is 11.6 Å². The summed E-state index contributed by atoms with van der Waals surface area (Å²) >= 11 is 0. The molecule has 0 saturated carbocycles. The van der Waals surface area contributed by atoms with E-state index in [4.69, 9.17) is 0 Å². The molecule has 1 aromatic heterocycles. The van der Waals surface area contributed by atoms with Crippen LogP contribution in [0.25, 0.3) is 0 Å². The smallest absolute Gasteiger partial charge is 0.270 e. The van der Waals surface area contributed by atoms with Gasteiger partial charge in [0.05, 0.1) is 0 Å². The second-order valence-electron chi connectivity index (χ2n) is 5.37. The Hall–Kier alpha value is -2.57. The van der Waals surface area contributed by atoms with Gasteiger partial charge in [0.25, 0.3) is 5.91 Å². The quantitative estimate of drug-likeness (QED) is 0.757. The third kappa shape index (κ3) is 4.71. The molecule has 1 heterocycles. The minimum Gasteiger partial charge on any atom is -0.351 e. The van der Waals surface area contributed by atoms with E-state index in [1.54, 1.807) is 6.92 Å². The first-order valence-electron chi connectivity index (χ1n) is 7.86. The number of hydrogen-bond acceptors (Lipinski definition) is 4. The summed E-state index contributed by atoms with van der Waals surface area (Å²) < 4.78 is 27.4. The summed E-state index contributed by atoms with van der Waals surface area (Å²) in [7, 11) is 0. The van der Waals surface area contributed by atoms with Crippen LogP contribution in [-0.4, -0.2) is 22.4 Å². The number of halogens is 2. The normalized spacial score (nSPS) is 10.5. The van der Waals surface area contributed by atoms with Gasteiger partial charge in [0.2, 0.25) is 0 Å². The van der Waals surface area contributed by atoms with Gasteiger partial charge in [-0.15, -0.1) is 0 Å². The van der Waals surface area contributed by atoms with Crippen LogP contribution < -0.4 is 10.6 Å². The van der Waals surface area contributed by atoms with Crippen molar-refractivity contribution in [1.29, 1.82) is 0 Å². The molecule has 1 amide bonds. The molecule has 0 spiro atoms. The van der Waals surface area contributed by atoms with Gasteiger partial charge in [-0.25, -0.2) is 18.7 Å². The second kappa shape index (κ2) is 8.33. The van der Waals surface area contributed by atoms with Crippen molar-refractivity contribution in [3.05, 3.63) is 47.4 Å². The average molecular weight is 334 g/mol. The zero-order valence-corrected chi connectivity index (χ0v) is 13.7. The van der Waals surface area contributed by atoms with Crippen LogP contribution >= 0.6 is 0 Å². The lowest BCUT2D eigenvalue weighted by molar-refractivity contribution is 0.0947. The molecular weight excluding hydrogens is 314 g/mol. The first-order valence-corrected chi connectivity index (χ1v) is 7.86. The van der Waals surface area contributed by atoms with Crippen molar-refractivity contribution >= 4 is 17.4 Å². The summed E-state index contributed by atoms with van der Waals surface area (Å²) in [6.45, 7) is 4.24. The molecule has 0 bridgehead atoms. The molecule has 2 rings (SSSR count). The Morgan fingerprint density at radius 3 is 2.54 bits per heavy atom. The molecule has 2 aromatic rings. The highest BCUT2D eigenvalue weighted by Gasteiger charge is 2.13. The van der Waals surface area contributed by atoms with Gasteiger partial charge in [-0.1, -0.05) is 25.8 Å². The molecule has 0 saturated heterocycles. The lowest BCUT2D eigenvalue weighted by atomic mass is 10.2. The summed E-state index contributed by atoms with van der Waals surface area (Å²) in [5.41, 5.74) is -0.164. The second-order valence-corrected chi connectivity index (χ2v) is 5.37. The Morgan fingerprint density at radius 1 is 1.17 bits per heavy atom. The monoisotopic (exact) mass is 334 g/mol. The van der Waals surface area contributed by atoms with E-state index in [9.17, 15) is 13.6 Å². The molecule has 128 valence electrons. The molecule has 24 heavy (non-hydrogen) atoms. The van der Waals surface area contributed by atoms with Crippen molar-refractivity contribution in [1.82, 2.24) is 15.3 Å². The van der Waals surface area contributed by atoms with E-state index >= 15 is 0 Å². The van der Waals surface area contributed by atoms with Crippen LogP contribution in [0.4, 0.5) is 20.3 Å². The van der Waals surface area contributed by atoms with E-state index in [0.717, 1.165) is 31.4 Å². The summed E-state index contributed by atoms with van der Waals surface area (Å²) in [5.74, 6) is -1.33. The number of carbonyl (C=O) groups is 1. The fourth-order valence-corrected chi connectivity index (χ4v) is 2.16. The summed E-state index contributed by atoms with van der Waals surface area (Å²) in [6, 6.07) is 4.92. The summed E-state index contributed by atoms with van der Waals surface area (Å²) in [4.78, 5) is 20.3. The van der Waals surface area contributed by atoms with Crippen LogP contribution in [0.5, 0.6) is 0 Å². The maximum Gasteiger partial charge on any atom is 0.270 e. The number of aromatic nitrogens is 2. The topological polar surface area (TPSA) is 66.9 Å². The van der Waals surface area contributed by atoms with Crippen molar-refractivity contribution in [2.45, 2.75) is 33.1 Å². The van der Waals surface area contributed by atoms with Crippen molar-refractivity contribution in [2.24, 2.45) is 0 Å². The average Bonchev–Trinajstić information content (AvgIpc) is 2.54. The van der Waals surface area contributed by atoms with Crippen LogP contribution in [0.1, 0.15) is 42.5 Å². The Morgan fingerprint density at radius 2 is 1.88 bits per heavy atom. The van der Waals surface area contributed by atoms with Crippen LogP contribution in [0, 0.1) is 18.6 Å². The fourth-order valence-electron chi connectivity index (χ4n) is 2.16. The van der Waals surface area contributed by atoms with Gasteiger partial charge in [0.1, 0.15) is 34.7 Å². The number of hydrogen-bond donors (Lipinski definition) is 2. The number of rotatable bonds is 7. The molecule has 2 N–H and O–H groups in total. The Labute approximate surface area is 139 Å². The zero-order valence-electron chi connectivity index (χ0n) is 13.7. The SMILES string of the molecule is CCCCCNC(=O)c1cc(Nc2c(F)cccc2F)nc(C)n1. The standard InChI is InChI=1S/C17H20F2N4O/c1-3-4-5-9-20-17(24)14-10-15(22-11(2)21-14)23-16-12(18)7-6-8-13(16)19/h6-8,10H,3-5,9H2,1-2H3,(H,20,24)(H,21,22,23). The molecule has 0 aliphatic carbocycles. The van der Waals surface area contributed by atoms with E-state index in [0.29, 0.717) is 12.4 Å². The number of amides is 1. The predicted molar refractivity (Wildman–Crippen MR) is 88.3 cm³/mol. The number of unbranched alkanes of at least 4 members (excludes halogenated alkanes) is 2. The van der Waals surface area contributed by atoms with E-state index in [-0.39, 0.29) is 23.1 Å².